The van der Waals surface area contributed by atoms with E-state index in [4.69, 9.17) is 5.11 Å². The van der Waals surface area contributed by atoms with E-state index in [0.717, 1.165) is 23.6 Å². The number of hydrogen-bond acceptors (Lipinski definition) is 6. The predicted octanol–water partition coefficient (Wildman–Crippen LogP) is 3.15. The molecule has 2 aromatic heterocycles. The topological polar surface area (TPSA) is 87.1 Å². The van der Waals surface area contributed by atoms with Crippen LogP contribution in [0.5, 0.6) is 0 Å². The molecule has 2 aromatic rings. The highest BCUT2D eigenvalue weighted by molar-refractivity contribution is 7.17. The summed E-state index contributed by atoms with van der Waals surface area (Å²) in [5, 5.41) is 13.1. The van der Waals surface area contributed by atoms with Gasteiger partial charge in [-0.25, -0.2) is 18.7 Å². The molecule has 2 rings (SSSR count). The third-order valence-electron chi connectivity index (χ3n) is 3.27. The van der Waals surface area contributed by atoms with E-state index in [1.54, 1.807) is 0 Å². The zero-order valence-corrected chi connectivity index (χ0v) is 14.7. The van der Waals surface area contributed by atoms with Crippen molar-refractivity contribution >= 4 is 23.1 Å². The molecule has 0 aromatic carbocycles. The largest absolute Gasteiger partial charge is 0.405 e. The van der Waals surface area contributed by atoms with Crippen molar-refractivity contribution in [2.45, 2.75) is 19.5 Å². The molecule has 6 nitrogen and oxygen atoms in total. The molecule has 0 spiro atoms. The predicted molar refractivity (Wildman–Crippen MR) is 89.0 cm³/mol. The van der Waals surface area contributed by atoms with Crippen molar-refractivity contribution < 1.29 is 31.9 Å². The zero-order valence-electron chi connectivity index (χ0n) is 13.9. The van der Waals surface area contributed by atoms with Gasteiger partial charge in [-0.15, -0.1) is 11.3 Å². The van der Waals surface area contributed by atoms with Gasteiger partial charge in [0.2, 0.25) is 0 Å². The van der Waals surface area contributed by atoms with Gasteiger partial charge in [-0.2, -0.15) is 13.2 Å². The lowest BCUT2D eigenvalue weighted by atomic mass is 10.1. The normalized spacial score (nSPS) is 11.7. The van der Waals surface area contributed by atoms with Gasteiger partial charge in [-0.1, -0.05) is 0 Å². The fourth-order valence-corrected chi connectivity index (χ4v) is 3.13. The van der Waals surface area contributed by atoms with Crippen LogP contribution >= 0.6 is 11.3 Å². The van der Waals surface area contributed by atoms with Gasteiger partial charge in [0, 0.05) is 23.9 Å². The molecule has 1 amide bonds. The number of carbonyl (C=O) groups is 1. The van der Waals surface area contributed by atoms with Crippen molar-refractivity contribution in [2.24, 2.45) is 0 Å². The van der Waals surface area contributed by atoms with E-state index in [1.807, 2.05) is 5.32 Å². The van der Waals surface area contributed by atoms with E-state index in [0.29, 0.717) is 5.69 Å². The number of amides is 1. The number of aryl methyl sites for hydroxylation is 1. The Labute approximate surface area is 154 Å². The van der Waals surface area contributed by atoms with Gasteiger partial charge in [-0.3, -0.25) is 4.79 Å². The number of halogens is 5. The van der Waals surface area contributed by atoms with E-state index in [2.05, 4.69) is 15.3 Å². The number of aliphatic hydroxyl groups excluding tert-OH is 1. The Morgan fingerprint density at radius 1 is 1.37 bits per heavy atom. The molecule has 0 unspecified atom stereocenters. The Balaban J connectivity index is 2.35. The molecule has 2 heterocycles. The molecule has 148 valence electrons. The van der Waals surface area contributed by atoms with Crippen molar-refractivity contribution in [3.8, 4) is 10.4 Å². The van der Waals surface area contributed by atoms with Crippen LogP contribution in [-0.4, -0.2) is 46.9 Å². The van der Waals surface area contributed by atoms with E-state index < -0.39 is 30.6 Å². The number of carbonyl (C=O) groups excluding carboxylic acids is 1. The highest BCUT2D eigenvalue weighted by Crippen LogP contribution is 2.37. The smallest absolute Gasteiger partial charge is 0.395 e. The molecule has 0 bridgehead atoms. The summed E-state index contributed by atoms with van der Waals surface area (Å²) in [5.41, 5.74) is -0.239. The summed E-state index contributed by atoms with van der Waals surface area (Å²) in [6.07, 6.45) is -6.46. The zero-order chi connectivity index (χ0) is 20.2. The molecule has 0 aliphatic carbocycles. The standard InChI is InChI=1S/C15H15F5N4O2S/c1-7-11(27-14(24-7)13(26)21-2-3-25)9-5-22-10(4-8(9)12(16)17)23-6-15(18,19)20/h4-5,12,25H,2-3,6H2,1H3,(H,21,26)(H,22,23). The molecule has 0 saturated carbocycles. The van der Waals surface area contributed by atoms with Gasteiger partial charge in [0.1, 0.15) is 12.4 Å². The van der Waals surface area contributed by atoms with E-state index >= 15 is 0 Å². The van der Waals surface area contributed by atoms with Gasteiger partial charge in [-0.05, 0) is 13.0 Å². The number of alkyl halides is 5. The summed E-state index contributed by atoms with van der Waals surface area (Å²) in [7, 11) is 0. The molecule has 12 heteroatoms. The van der Waals surface area contributed by atoms with Crippen LogP contribution in [0.3, 0.4) is 0 Å². The monoisotopic (exact) mass is 410 g/mol. The summed E-state index contributed by atoms with van der Waals surface area (Å²) >= 11 is 0.848. The number of rotatable bonds is 7. The average molecular weight is 410 g/mol. The summed E-state index contributed by atoms with van der Waals surface area (Å²) in [5.74, 6) is -0.909. The maximum absolute atomic E-state index is 13.4. The maximum atomic E-state index is 13.4. The fourth-order valence-electron chi connectivity index (χ4n) is 2.12. The molecule has 0 aliphatic heterocycles. The van der Waals surface area contributed by atoms with E-state index in [9.17, 15) is 26.7 Å². The Bertz CT molecular complexity index is 810. The number of nitrogens with one attached hydrogen (secondary N) is 2. The van der Waals surface area contributed by atoms with Gasteiger partial charge >= 0.3 is 6.18 Å². The first-order valence-corrected chi connectivity index (χ1v) is 8.39. The Morgan fingerprint density at radius 3 is 2.67 bits per heavy atom. The lowest BCUT2D eigenvalue weighted by Gasteiger charge is -2.12. The molecular formula is C15H15F5N4O2S. The van der Waals surface area contributed by atoms with Crippen LogP contribution in [0.25, 0.3) is 10.4 Å². The molecule has 0 saturated heterocycles. The summed E-state index contributed by atoms with van der Waals surface area (Å²) in [6, 6.07) is 0.844. The first-order valence-electron chi connectivity index (χ1n) is 7.58. The first-order chi connectivity index (χ1) is 12.6. The molecule has 27 heavy (non-hydrogen) atoms. The number of nitrogens with zero attached hydrogens (tertiary/aromatic N) is 2. The van der Waals surface area contributed by atoms with Crippen molar-refractivity contribution in [1.29, 1.82) is 0 Å². The minimum atomic E-state index is -4.52. The second-order valence-corrected chi connectivity index (χ2v) is 6.34. The lowest BCUT2D eigenvalue weighted by Crippen LogP contribution is -2.26. The second kappa shape index (κ2) is 8.57. The number of thiazole rings is 1. The first kappa shape index (κ1) is 21.0. The average Bonchev–Trinajstić information content (AvgIpc) is 2.98. The quantitative estimate of drug-likeness (QED) is 0.611. The Morgan fingerprint density at radius 2 is 2.07 bits per heavy atom. The Kier molecular flexibility index (Phi) is 6.65. The van der Waals surface area contributed by atoms with Crippen LogP contribution in [0.15, 0.2) is 12.3 Å². The molecule has 3 N–H and O–H groups in total. The van der Waals surface area contributed by atoms with Crippen molar-refractivity contribution in [3.63, 3.8) is 0 Å². The maximum Gasteiger partial charge on any atom is 0.405 e. The van der Waals surface area contributed by atoms with Crippen molar-refractivity contribution in [2.75, 3.05) is 25.0 Å². The fraction of sp³-hybridized carbons (Fsp3) is 0.400. The van der Waals surface area contributed by atoms with Crippen molar-refractivity contribution in [3.05, 3.63) is 28.5 Å². The van der Waals surface area contributed by atoms with Gasteiger partial charge in [0.25, 0.3) is 12.3 Å². The molecular weight excluding hydrogens is 395 g/mol. The summed E-state index contributed by atoms with van der Waals surface area (Å²) < 4.78 is 63.7. The van der Waals surface area contributed by atoms with Crippen LogP contribution in [-0.2, 0) is 0 Å². The third-order valence-corrected chi connectivity index (χ3v) is 4.46. The molecule has 0 atom stereocenters. The number of hydrogen-bond donors (Lipinski definition) is 3. The summed E-state index contributed by atoms with van der Waals surface area (Å²) in [4.78, 5) is 19.9. The van der Waals surface area contributed by atoms with Crippen LogP contribution in [0, 0.1) is 6.92 Å². The van der Waals surface area contributed by atoms with E-state index in [-0.39, 0.29) is 34.4 Å². The molecule has 0 radical (unpaired) electrons. The minimum absolute atomic E-state index is 0.00967. The minimum Gasteiger partial charge on any atom is -0.395 e. The SMILES string of the molecule is Cc1nc(C(=O)NCCO)sc1-c1cnc(NCC(F)(F)F)cc1C(F)F. The number of aromatic nitrogens is 2. The third kappa shape index (κ3) is 5.57. The number of pyridine rings is 1. The number of anilines is 1. The van der Waals surface area contributed by atoms with Crippen LogP contribution in [0.2, 0.25) is 0 Å². The van der Waals surface area contributed by atoms with Crippen LogP contribution < -0.4 is 10.6 Å². The van der Waals surface area contributed by atoms with E-state index in [1.165, 1.54) is 6.92 Å². The van der Waals surface area contributed by atoms with Crippen LogP contribution in [0.1, 0.15) is 27.5 Å². The lowest BCUT2D eigenvalue weighted by molar-refractivity contribution is -0.115. The second-order valence-electron chi connectivity index (χ2n) is 5.34. The van der Waals surface area contributed by atoms with Gasteiger partial charge in [0.05, 0.1) is 17.2 Å². The molecule has 0 fully saturated rings. The van der Waals surface area contributed by atoms with Gasteiger partial charge < -0.3 is 15.7 Å². The highest BCUT2D eigenvalue weighted by atomic mass is 32.1. The summed E-state index contributed by atoms with van der Waals surface area (Å²) in [6.45, 7) is -0.151. The number of aliphatic hydroxyl groups is 1. The Hall–Kier alpha value is -2.34. The van der Waals surface area contributed by atoms with Crippen LogP contribution in [0.4, 0.5) is 27.8 Å². The van der Waals surface area contributed by atoms with Gasteiger partial charge in [0.15, 0.2) is 5.01 Å². The highest BCUT2D eigenvalue weighted by Gasteiger charge is 2.27. The van der Waals surface area contributed by atoms with Crippen molar-refractivity contribution in [1.82, 2.24) is 15.3 Å². The molecule has 0 aliphatic rings.